The average molecular weight is 422 g/mol. The summed E-state index contributed by atoms with van der Waals surface area (Å²) in [4.78, 5) is 23.4. The van der Waals surface area contributed by atoms with Gasteiger partial charge >= 0.3 is 0 Å². The van der Waals surface area contributed by atoms with Crippen molar-refractivity contribution in [3.63, 3.8) is 0 Å². The number of unbranched alkanes of at least 4 members (excludes halogenated alkanes) is 1. The van der Waals surface area contributed by atoms with E-state index in [0.29, 0.717) is 18.6 Å². The first-order valence-electron chi connectivity index (χ1n) is 12.3. The fourth-order valence-electron chi connectivity index (χ4n) is 4.79. The van der Waals surface area contributed by atoms with Crippen molar-refractivity contribution in [3.8, 4) is 0 Å². The smallest absolute Gasteiger partial charge is 0.236 e. The van der Waals surface area contributed by atoms with Gasteiger partial charge in [0, 0.05) is 59.5 Å². The molecular formula is C23H43N5O2. The van der Waals surface area contributed by atoms with E-state index in [1.807, 2.05) is 11.9 Å². The molecule has 3 fully saturated rings. The fraction of sp³-hybridized carbons (Fsp3) is 0.913. The van der Waals surface area contributed by atoms with E-state index < -0.39 is 0 Å². The van der Waals surface area contributed by atoms with Crippen LogP contribution in [0.1, 0.15) is 64.2 Å². The van der Waals surface area contributed by atoms with E-state index in [9.17, 15) is 4.79 Å². The Kier molecular flexibility index (Phi) is 10.2. The molecule has 1 saturated carbocycles. The van der Waals surface area contributed by atoms with E-state index in [0.717, 1.165) is 84.1 Å². The number of amides is 1. The summed E-state index contributed by atoms with van der Waals surface area (Å²) in [6.07, 6.45) is 13.0. The molecule has 0 aromatic heterocycles. The van der Waals surface area contributed by atoms with Gasteiger partial charge in [-0.05, 0) is 38.5 Å². The number of piperazine rings is 1. The summed E-state index contributed by atoms with van der Waals surface area (Å²) >= 11 is 0. The number of ether oxygens (including phenoxy) is 1. The van der Waals surface area contributed by atoms with E-state index in [4.69, 9.17) is 4.74 Å². The van der Waals surface area contributed by atoms with Crippen LogP contribution in [0.25, 0.3) is 0 Å². The number of hydrogen-bond acceptors (Lipinski definition) is 4. The van der Waals surface area contributed by atoms with Crippen LogP contribution in [0.15, 0.2) is 4.99 Å². The average Bonchev–Trinajstić information content (AvgIpc) is 3.19. The minimum atomic E-state index is 0.300. The summed E-state index contributed by atoms with van der Waals surface area (Å²) < 4.78 is 6.09. The first-order valence-corrected chi connectivity index (χ1v) is 12.3. The molecule has 172 valence electrons. The van der Waals surface area contributed by atoms with Crippen LogP contribution >= 0.6 is 0 Å². The number of carbonyl (C=O) groups excluding carboxylic acids is 1. The zero-order valence-corrected chi connectivity index (χ0v) is 19.1. The monoisotopic (exact) mass is 421 g/mol. The second-order valence-electron chi connectivity index (χ2n) is 9.02. The Morgan fingerprint density at radius 2 is 1.60 bits per heavy atom. The summed E-state index contributed by atoms with van der Waals surface area (Å²) in [5.41, 5.74) is 0. The Balaban J connectivity index is 1.25. The molecule has 3 rings (SSSR count). The van der Waals surface area contributed by atoms with Gasteiger partial charge in [0.2, 0.25) is 5.91 Å². The van der Waals surface area contributed by atoms with Gasteiger partial charge in [-0.25, -0.2) is 0 Å². The molecule has 2 aliphatic heterocycles. The highest BCUT2D eigenvalue weighted by atomic mass is 16.5. The van der Waals surface area contributed by atoms with Crippen LogP contribution in [0, 0.1) is 0 Å². The predicted molar refractivity (Wildman–Crippen MR) is 122 cm³/mol. The summed E-state index contributed by atoms with van der Waals surface area (Å²) in [7, 11) is 1.86. The topological polar surface area (TPSA) is 60.4 Å². The van der Waals surface area contributed by atoms with Crippen molar-refractivity contribution in [2.45, 2.75) is 70.3 Å². The zero-order chi connectivity index (χ0) is 21.0. The largest absolute Gasteiger partial charge is 0.378 e. The molecule has 0 atom stereocenters. The van der Waals surface area contributed by atoms with Gasteiger partial charge in [0.25, 0.3) is 0 Å². The van der Waals surface area contributed by atoms with Gasteiger partial charge < -0.3 is 19.9 Å². The highest BCUT2D eigenvalue weighted by molar-refractivity contribution is 5.80. The van der Waals surface area contributed by atoms with Crippen LogP contribution in [-0.4, -0.2) is 98.7 Å². The molecule has 0 aromatic rings. The Morgan fingerprint density at radius 3 is 2.27 bits per heavy atom. The van der Waals surface area contributed by atoms with Crippen LogP contribution in [0.5, 0.6) is 0 Å². The Hall–Kier alpha value is -1.34. The molecule has 7 nitrogen and oxygen atoms in total. The summed E-state index contributed by atoms with van der Waals surface area (Å²) in [5, 5.41) is 3.51. The highest BCUT2D eigenvalue weighted by Gasteiger charge is 2.24. The number of rotatable bonds is 8. The van der Waals surface area contributed by atoms with Gasteiger partial charge in [-0.3, -0.25) is 14.7 Å². The van der Waals surface area contributed by atoms with Crippen molar-refractivity contribution in [1.29, 1.82) is 0 Å². The number of carbonyl (C=O) groups is 1. The molecule has 0 spiro atoms. The highest BCUT2D eigenvalue weighted by Crippen LogP contribution is 2.20. The second kappa shape index (κ2) is 13.2. The van der Waals surface area contributed by atoms with Crippen LogP contribution < -0.4 is 5.32 Å². The number of likely N-dealkylation sites (tertiary alicyclic amines) is 1. The van der Waals surface area contributed by atoms with Gasteiger partial charge in [-0.15, -0.1) is 0 Å². The molecule has 7 heteroatoms. The molecule has 2 saturated heterocycles. The Labute approximate surface area is 183 Å². The van der Waals surface area contributed by atoms with E-state index >= 15 is 0 Å². The zero-order valence-electron chi connectivity index (χ0n) is 19.1. The lowest BCUT2D eigenvalue weighted by atomic mass is 10.1. The molecule has 1 N–H and O–H groups in total. The molecule has 1 amide bonds. The number of aliphatic imine (C=N–C) groups is 1. The maximum absolute atomic E-state index is 12.4. The SMILES string of the molecule is CN=C(NCCCCOC1CCCCCC1)N1CCN(CC(=O)N2CCCC2)CC1. The molecule has 3 aliphatic rings. The third-order valence-corrected chi connectivity index (χ3v) is 6.71. The van der Waals surface area contributed by atoms with E-state index in [2.05, 4.69) is 20.1 Å². The Morgan fingerprint density at radius 1 is 0.900 bits per heavy atom. The lowest BCUT2D eigenvalue weighted by Crippen LogP contribution is -2.54. The maximum Gasteiger partial charge on any atom is 0.236 e. The molecule has 0 aromatic carbocycles. The molecule has 1 aliphatic carbocycles. The van der Waals surface area contributed by atoms with Crippen molar-refractivity contribution >= 4 is 11.9 Å². The van der Waals surface area contributed by atoms with E-state index in [1.54, 1.807) is 0 Å². The minimum Gasteiger partial charge on any atom is -0.378 e. The molecule has 30 heavy (non-hydrogen) atoms. The molecule has 0 unspecified atom stereocenters. The number of guanidine groups is 1. The summed E-state index contributed by atoms with van der Waals surface area (Å²) in [5.74, 6) is 1.29. The van der Waals surface area contributed by atoms with Crippen molar-refractivity contribution in [1.82, 2.24) is 20.0 Å². The lowest BCUT2D eigenvalue weighted by Gasteiger charge is -2.36. The molecule has 0 radical (unpaired) electrons. The standard InChI is InChI=1S/C23H43N5O2/c1-24-23(25-12-6-9-19-30-21-10-4-2-3-5-11-21)28-17-15-26(16-18-28)20-22(29)27-13-7-8-14-27/h21H,2-20H2,1H3,(H,24,25). The van der Waals surface area contributed by atoms with Gasteiger partial charge in [-0.1, -0.05) is 25.7 Å². The maximum atomic E-state index is 12.4. The van der Waals surface area contributed by atoms with Crippen molar-refractivity contribution < 1.29 is 9.53 Å². The van der Waals surface area contributed by atoms with Crippen LogP contribution in [0.3, 0.4) is 0 Å². The van der Waals surface area contributed by atoms with Crippen molar-refractivity contribution in [3.05, 3.63) is 0 Å². The van der Waals surface area contributed by atoms with Crippen LogP contribution in [0.2, 0.25) is 0 Å². The van der Waals surface area contributed by atoms with E-state index in [-0.39, 0.29) is 0 Å². The van der Waals surface area contributed by atoms with Gasteiger partial charge in [-0.2, -0.15) is 0 Å². The number of nitrogens with zero attached hydrogens (tertiary/aromatic N) is 4. The van der Waals surface area contributed by atoms with Gasteiger partial charge in [0.05, 0.1) is 12.6 Å². The first-order chi connectivity index (χ1) is 14.8. The minimum absolute atomic E-state index is 0.300. The quantitative estimate of drug-likeness (QED) is 0.282. The second-order valence-corrected chi connectivity index (χ2v) is 9.02. The first kappa shape index (κ1) is 23.3. The number of nitrogens with one attached hydrogen (secondary N) is 1. The van der Waals surface area contributed by atoms with Crippen molar-refractivity contribution in [2.24, 2.45) is 4.99 Å². The van der Waals surface area contributed by atoms with Crippen LogP contribution in [-0.2, 0) is 9.53 Å². The van der Waals surface area contributed by atoms with Crippen molar-refractivity contribution in [2.75, 3.05) is 66.0 Å². The normalized spacial score (nSPS) is 22.4. The fourth-order valence-corrected chi connectivity index (χ4v) is 4.79. The Bertz CT molecular complexity index is 520. The predicted octanol–water partition coefficient (Wildman–Crippen LogP) is 2.32. The van der Waals surface area contributed by atoms with Crippen LogP contribution in [0.4, 0.5) is 0 Å². The number of hydrogen-bond donors (Lipinski definition) is 1. The summed E-state index contributed by atoms with van der Waals surface area (Å²) in [6.45, 7) is 7.99. The summed E-state index contributed by atoms with van der Waals surface area (Å²) in [6, 6.07) is 0. The van der Waals surface area contributed by atoms with Gasteiger partial charge in [0.15, 0.2) is 5.96 Å². The van der Waals surface area contributed by atoms with Gasteiger partial charge in [0.1, 0.15) is 0 Å². The third-order valence-electron chi connectivity index (χ3n) is 6.71. The molecule has 0 bridgehead atoms. The third kappa shape index (κ3) is 7.73. The van der Waals surface area contributed by atoms with E-state index in [1.165, 1.54) is 38.5 Å². The molecular weight excluding hydrogens is 378 g/mol. The lowest BCUT2D eigenvalue weighted by molar-refractivity contribution is -0.131. The molecule has 2 heterocycles.